The molecular weight excluding hydrogens is 802 g/mol. The average molecular weight is 858 g/mol. The number of hydrogen-bond acceptors (Lipinski definition) is 0. The molecule has 1 aliphatic heterocycles. The first-order valence-electron chi connectivity index (χ1n) is 18.1. The van der Waals surface area contributed by atoms with Crippen LogP contribution in [-0.4, -0.2) is 0 Å². The van der Waals surface area contributed by atoms with E-state index in [1.807, 2.05) is 0 Å². The second kappa shape index (κ2) is 13.7. The molecule has 0 bridgehead atoms. The van der Waals surface area contributed by atoms with Gasteiger partial charge in [0.2, 0.25) is 0 Å². The van der Waals surface area contributed by atoms with E-state index in [1.54, 1.807) is 22.3 Å². The van der Waals surface area contributed by atoms with E-state index in [9.17, 15) is 0 Å². The van der Waals surface area contributed by atoms with E-state index in [-0.39, 0.29) is 35.6 Å². The second-order valence-electron chi connectivity index (χ2n) is 17.5. The molecule has 4 aromatic carbocycles. The van der Waals surface area contributed by atoms with Gasteiger partial charge in [0.15, 0.2) is 0 Å². The molecule has 2 atom stereocenters. The minimum atomic E-state index is -3.09. The summed E-state index contributed by atoms with van der Waals surface area (Å²) in [6.07, 6.45) is 5.32. The first-order chi connectivity index (χ1) is 22.2. The first-order valence-corrected chi connectivity index (χ1v) is 27.3. The third-order valence-corrected chi connectivity index (χ3v) is 30.3. The van der Waals surface area contributed by atoms with Gasteiger partial charge >= 0.3 is 291 Å². The Morgan fingerprint density at radius 1 is 0.510 bits per heavy atom. The van der Waals surface area contributed by atoms with Crippen LogP contribution >= 0.6 is 24.8 Å². The summed E-state index contributed by atoms with van der Waals surface area (Å²) in [6, 6.07) is 33.3. The molecule has 2 aliphatic carbocycles. The molecule has 0 nitrogen and oxygen atoms in total. The van der Waals surface area contributed by atoms with Gasteiger partial charge in [-0.25, -0.2) is 0 Å². The van der Waals surface area contributed by atoms with Crippen molar-refractivity contribution in [3.05, 3.63) is 129 Å². The van der Waals surface area contributed by atoms with Gasteiger partial charge in [-0.1, -0.05) is 0 Å². The van der Waals surface area contributed by atoms with Crippen LogP contribution in [0.15, 0.2) is 96.1 Å². The molecule has 3 aliphatic rings. The summed E-state index contributed by atoms with van der Waals surface area (Å²) in [7, 11) is 0. The van der Waals surface area contributed by atoms with Gasteiger partial charge in [0, 0.05) is 0 Å². The van der Waals surface area contributed by atoms with Gasteiger partial charge in [0.25, 0.3) is 0 Å². The van der Waals surface area contributed by atoms with Gasteiger partial charge in [-0.3, -0.25) is 0 Å². The molecule has 1 saturated heterocycles. The van der Waals surface area contributed by atoms with Gasteiger partial charge in [0.1, 0.15) is 0 Å². The Morgan fingerprint density at radius 2 is 0.857 bits per heavy atom. The molecule has 0 spiro atoms. The third-order valence-electron chi connectivity index (χ3n) is 11.6. The van der Waals surface area contributed by atoms with Crippen molar-refractivity contribution in [1.29, 1.82) is 0 Å². The van der Waals surface area contributed by atoms with Crippen molar-refractivity contribution in [3.8, 4) is 22.3 Å². The van der Waals surface area contributed by atoms with E-state index in [4.69, 9.17) is 0 Å². The van der Waals surface area contributed by atoms with Crippen LogP contribution in [0.1, 0.15) is 122 Å². The number of fused-ring (bicyclic) bond motifs is 2. The fraction of sp³-hybridized carbons (Fsp3) is 0.391. The van der Waals surface area contributed by atoms with Crippen LogP contribution in [0.5, 0.6) is 0 Å². The minimum absolute atomic E-state index is 0. The maximum atomic E-state index is 2.66. The largest absolute Gasteiger partial charge is 0.147 e. The quantitative estimate of drug-likeness (QED) is 0.170. The predicted molar refractivity (Wildman–Crippen MR) is 216 cm³/mol. The van der Waals surface area contributed by atoms with Crippen LogP contribution in [-0.2, 0) is 20.0 Å². The second-order valence-corrected chi connectivity index (χ2v) is 34.1. The molecule has 7 rings (SSSR count). The SMILES string of the molecule is CC(C)c1ccc(-c2cccc3c2C=C(C(C)(C)C)[CH]3[Hf]2([CH]3C(C(C)(C)C)=Cc4c(-c5ccc(C(C)C)cc5)cccc43)[CH2][CH2]2)cc1.Cl.Cl. The molecule has 0 aromatic heterocycles. The van der Waals surface area contributed by atoms with Crippen LogP contribution in [0.3, 0.4) is 0 Å². The van der Waals surface area contributed by atoms with Crippen LogP contribution in [0.4, 0.5) is 0 Å². The van der Waals surface area contributed by atoms with Crippen molar-refractivity contribution >= 4 is 37.0 Å². The molecule has 0 N–H and O–H groups in total. The van der Waals surface area contributed by atoms with Gasteiger partial charge in [0.05, 0.1) is 0 Å². The molecule has 4 aromatic rings. The van der Waals surface area contributed by atoms with Crippen molar-refractivity contribution < 1.29 is 20.0 Å². The smallest absolute Gasteiger partial charge is 0.147 e. The zero-order chi connectivity index (χ0) is 33.5. The van der Waals surface area contributed by atoms with Crippen LogP contribution < -0.4 is 0 Å². The fourth-order valence-corrected chi connectivity index (χ4v) is 38.1. The number of benzene rings is 4. The van der Waals surface area contributed by atoms with E-state index in [0.717, 1.165) is 0 Å². The number of halogens is 2. The number of rotatable bonds is 6. The zero-order valence-corrected chi connectivity index (χ0v) is 36.5. The Bertz CT molecular complexity index is 1750. The predicted octanol–water partition coefficient (Wildman–Crippen LogP) is 14.8. The van der Waals surface area contributed by atoms with Crippen molar-refractivity contribution in [2.24, 2.45) is 10.8 Å². The Kier molecular flexibility index (Phi) is 10.7. The van der Waals surface area contributed by atoms with E-state index in [0.29, 0.717) is 19.2 Å². The van der Waals surface area contributed by atoms with Crippen LogP contribution in [0.25, 0.3) is 34.4 Å². The Labute approximate surface area is 314 Å². The number of allylic oxidation sites excluding steroid dienone is 2. The summed E-state index contributed by atoms with van der Waals surface area (Å²) in [5.41, 5.74) is 18.3. The summed E-state index contributed by atoms with van der Waals surface area (Å²) < 4.78 is 4.23. The van der Waals surface area contributed by atoms with Crippen molar-refractivity contribution in [1.82, 2.24) is 0 Å². The van der Waals surface area contributed by atoms with Gasteiger partial charge in [-0.2, -0.15) is 0 Å². The molecule has 3 heteroatoms. The maximum absolute atomic E-state index is 3.09. The van der Waals surface area contributed by atoms with Gasteiger partial charge in [-0.15, -0.1) is 24.8 Å². The standard InChI is InChI=1S/2C22H25.C2H4.2ClH.Hf/c2*1-15(2)16-9-11-17(12-10-16)20-8-6-7-18-13-19(14-21(18)20)22(3,4)5;1-2;;;/h2*6-15H,1-5H3;1-2H2;2*1H;. The Hall–Kier alpha value is -2.19. The van der Waals surface area contributed by atoms with Crippen molar-refractivity contribution in [2.45, 2.75) is 96.8 Å². The van der Waals surface area contributed by atoms with Crippen molar-refractivity contribution in [2.75, 3.05) is 0 Å². The summed E-state index contributed by atoms with van der Waals surface area (Å²) >= 11 is -3.09. The number of hydrogen-bond donors (Lipinski definition) is 0. The molecule has 258 valence electrons. The van der Waals surface area contributed by atoms with E-state index in [1.165, 1.54) is 52.9 Å². The minimum Gasteiger partial charge on any atom is -0.147 e. The Morgan fingerprint density at radius 3 is 1.14 bits per heavy atom. The average Bonchev–Trinajstić information content (AvgIpc) is 3.52. The van der Waals surface area contributed by atoms with Crippen LogP contribution in [0.2, 0.25) is 8.35 Å². The topological polar surface area (TPSA) is 0 Å². The monoisotopic (exact) mass is 858 g/mol. The first kappa shape index (κ1) is 38.1. The van der Waals surface area contributed by atoms with E-state index >= 15 is 0 Å². The molecule has 0 radical (unpaired) electrons. The summed E-state index contributed by atoms with van der Waals surface area (Å²) in [4.78, 5) is 0. The molecule has 0 saturated carbocycles. The zero-order valence-electron chi connectivity index (χ0n) is 31.3. The summed E-state index contributed by atoms with van der Waals surface area (Å²) in [5, 5.41) is 0. The van der Waals surface area contributed by atoms with E-state index in [2.05, 4.69) is 166 Å². The Balaban J connectivity index is 0.00000234. The van der Waals surface area contributed by atoms with Gasteiger partial charge in [-0.05, 0) is 0 Å². The molecule has 0 amide bonds. The molecule has 2 unspecified atom stereocenters. The summed E-state index contributed by atoms with van der Waals surface area (Å²) in [6.45, 7) is 24.0. The summed E-state index contributed by atoms with van der Waals surface area (Å²) in [5.74, 6) is 1.09. The molecule has 1 fully saturated rings. The van der Waals surface area contributed by atoms with Crippen molar-refractivity contribution in [3.63, 3.8) is 0 Å². The maximum Gasteiger partial charge on any atom is -0.147 e. The van der Waals surface area contributed by atoms with E-state index < -0.39 is 20.0 Å². The normalized spacial score (nSPS) is 19.1. The fourth-order valence-electron chi connectivity index (χ4n) is 8.83. The molecular formula is C46H56Cl2Hf. The van der Waals surface area contributed by atoms with Crippen LogP contribution in [0, 0.1) is 10.8 Å². The third kappa shape index (κ3) is 6.67. The molecule has 1 heterocycles. The van der Waals surface area contributed by atoms with Gasteiger partial charge < -0.3 is 0 Å². The molecule has 49 heavy (non-hydrogen) atoms.